The molecule has 0 unspecified atom stereocenters. The van der Waals surface area contributed by atoms with Crippen LogP contribution in [-0.2, 0) is 0 Å². The van der Waals surface area contributed by atoms with Gasteiger partial charge in [0.15, 0.2) is 0 Å². The van der Waals surface area contributed by atoms with Gasteiger partial charge in [-0.05, 0) is 54.3 Å². The molecule has 0 bridgehead atoms. The second-order valence-electron chi connectivity index (χ2n) is 5.15. The molecule has 0 aromatic heterocycles. The van der Waals surface area contributed by atoms with Crippen LogP contribution in [0.15, 0.2) is 34.8 Å². The predicted octanol–water partition coefficient (Wildman–Crippen LogP) is 6.20. The molecule has 0 radical (unpaired) electrons. The minimum Gasteiger partial charge on any atom is -0.456 e. The van der Waals surface area contributed by atoms with E-state index < -0.39 is 0 Å². The summed E-state index contributed by atoms with van der Waals surface area (Å²) in [6.07, 6.45) is 0. The summed E-state index contributed by atoms with van der Waals surface area (Å²) in [5.41, 5.74) is 2.47. The molecule has 2 aromatic rings. The smallest absolute Gasteiger partial charge is 0.146 e. The van der Waals surface area contributed by atoms with Crippen LogP contribution in [0.5, 0.6) is 11.5 Å². The van der Waals surface area contributed by atoms with Crippen LogP contribution in [0.2, 0.25) is 5.02 Å². The Kier molecular flexibility index (Phi) is 4.92. The van der Waals surface area contributed by atoms with E-state index in [-0.39, 0.29) is 0 Å². The third-order valence-electron chi connectivity index (χ3n) is 3.20. The van der Waals surface area contributed by atoms with Crippen LogP contribution >= 0.6 is 27.5 Å². The number of ether oxygens (including phenoxy) is 1. The molecule has 0 spiro atoms. The molecule has 108 valence electrons. The van der Waals surface area contributed by atoms with E-state index in [0.717, 1.165) is 26.4 Å². The molecule has 0 saturated heterocycles. The number of nitrogens with zero attached hydrogens (tertiary/aromatic N) is 1. The monoisotopic (exact) mass is 363 g/mol. The summed E-state index contributed by atoms with van der Waals surface area (Å²) in [5.74, 6) is 1.56. The number of halogens is 2. The molecule has 0 aliphatic rings. The maximum absolute atomic E-state index is 9.18. The van der Waals surface area contributed by atoms with E-state index in [0.29, 0.717) is 17.2 Å². The predicted molar refractivity (Wildman–Crippen MR) is 89.2 cm³/mol. The van der Waals surface area contributed by atoms with Gasteiger partial charge in [0, 0.05) is 9.50 Å². The van der Waals surface area contributed by atoms with Gasteiger partial charge in [0.05, 0.1) is 5.56 Å². The third kappa shape index (κ3) is 3.58. The lowest BCUT2D eigenvalue weighted by molar-refractivity contribution is 0.476. The Labute approximate surface area is 138 Å². The second kappa shape index (κ2) is 6.51. The van der Waals surface area contributed by atoms with Crippen LogP contribution in [0.25, 0.3) is 0 Å². The van der Waals surface area contributed by atoms with Gasteiger partial charge in [-0.15, -0.1) is 0 Å². The molecule has 0 saturated carbocycles. The highest BCUT2D eigenvalue weighted by Crippen LogP contribution is 2.35. The lowest BCUT2D eigenvalue weighted by Gasteiger charge is -2.15. The van der Waals surface area contributed by atoms with Crippen molar-refractivity contribution < 1.29 is 4.74 Å². The zero-order valence-electron chi connectivity index (χ0n) is 12.1. The summed E-state index contributed by atoms with van der Waals surface area (Å²) in [4.78, 5) is 0. The number of aryl methyl sites for hydroxylation is 1. The molecule has 2 rings (SSSR count). The van der Waals surface area contributed by atoms with E-state index >= 15 is 0 Å². The van der Waals surface area contributed by atoms with Crippen molar-refractivity contribution in [3.05, 3.63) is 56.5 Å². The summed E-state index contributed by atoms with van der Waals surface area (Å²) in [5, 5.41) is 9.92. The summed E-state index contributed by atoms with van der Waals surface area (Å²) >= 11 is 9.66. The first-order valence-electron chi connectivity index (χ1n) is 6.60. The molecular weight excluding hydrogens is 350 g/mol. The molecule has 0 atom stereocenters. The van der Waals surface area contributed by atoms with Gasteiger partial charge < -0.3 is 4.74 Å². The van der Waals surface area contributed by atoms with E-state index in [9.17, 15) is 5.26 Å². The van der Waals surface area contributed by atoms with Gasteiger partial charge >= 0.3 is 0 Å². The summed E-state index contributed by atoms with van der Waals surface area (Å²) in [7, 11) is 0. The van der Waals surface area contributed by atoms with E-state index in [1.165, 1.54) is 0 Å². The van der Waals surface area contributed by atoms with E-state index in [4.69, 9.17) is 16.3 Å². The molecule has 2 aromatic carbocycles. The lowest BCUT2D eigenvalue weighted by atomic mass is 10.0. The zero-order chi connectivity index (χ0) is 15.6. The van der Waals surface area contributed by atoms with Crippen LogP contribution in [0, 0.1) is 18.3 Å². The molecule has 2 nitrogen and oxygen atoms in total. The molecule has 0 heterocycles. The lowest BCUT2D eigenvalue weighted by Crippen LogP contribution is -1.95. The number of benzene rings is 2. The van der Waals surface area contributed by atoms with E-state index in [1.807, 2.05) is 25.1 Å². The topological polar surface area (TPSA) is 33.0 Å². The van der Waals surface area contributed by atoms with E-state index in [2.05, 4.69) is 35.8 Å². The van der Waals surface area contributed by atoms with Crippen molar-refractivity contribution in [2.75, 3.05) is 0 Å². The van der Waals surface area contributed by atoms with Crippen molar-refractivity contribution in [3.63, 3.8) is 0 Å². The number of hydrogen-bond donors (Lipinski definition) is 0. The third-order valence-corrected chi connectivity index (χ3v) is 4.02. The largest absolute Gasteiger partial charge is 0.456 e. The van der Waals surface area contributed by atoms with Crippen molar-refractivity contribution in [3.8, 4) is 17.6 Å². The van der Waals surface area contributed by atoms with Gasteiger partial charge in [-0.1, -0.05) is 41.4 Å². The van der Waals surface area contributed by atoms with Crippen molar-refractivity contribution >= 4 is 27.5 Å². The minimum atomic E-state index is 0.304. The van der Waals surface area contributed by atoms with Gasteiger partial charge in [-0.2, -0.15) is 5.26 Å². The zero-order valence-corrected chi connectivity index (χ0v) is 14.4. The fourth-order valence-electron chi connectivity index (χ4n) is 2.01. The maximum atomic E-state index is 9.18. The normalized spacial score (nSPS) is 10.5. The number of nitriles is 1. The Bertz CT molecular complexity index is 719. The average Bonchev–Trinajstić information content (AvgIpc) is 2.41. The molecule has 0 aliphatic heterocycles. The fraction of sp³-hybridized carbons (Fsp3) is 0.235. The van der Waals surface area contributed by atoms with E-state index in [1.54, 1.807) is 12.1 Å². The maximum Gasteiger partial charge on any atom is 0.146 e. The number of rotatable bonds is 3. The first kappa shape index (κ1) is 15.9. The molecule has 0 N–H and O–H groups in total. The molecule has 0 amide bonds. The molecule has 4 heteroatoms. The Morgan fingerprint density at radius 3 is 2.52 bits per heavy atom. The minimum absolute atomic E-state index is 0.304. The standard InChI is InChI=1S/C17H15BrClNO/c1-10(2)14-8-16(11(3)6-15(14)19)21-17-7-13(18)5-4-12(17)9-20/h4-8,10H,1-3H3. The molecular formula is C17H15BrClNO. The van der Waals surface area contributed by atoms with Crippen LogP contribution < -0.4 is 4.74 Å². The molecule has 0 aliphatic carbocycles. The Hall–Kier alpha value is -1.50. The molecule has 21 heavy (non-hydrogen) atoms. The summed E-state index contributed by atoms with van der Waals surface area (Å²) in [6, 6.07) is 11.3. The van der Waals surface area contributed by atoms with Gasteiger partial charge in [0.25, 0.3) is 0 Å². The Balaban J connectivity index is 2.47. The van der Waals surface area contributed by atoms with Crippen LogP contribution in [0.3, 0.4) is 0 Å². The highest BCUT2D eigenvalue weighted by atomic mass is 79.9. The summed E-state index contributed by atoms with van der Waals surface area (Å²) < 4.78 is 6.81. The Morgan fingerprint density at radius 2 is 1.90 bits per heavy atom. The second-order valence-corrected chi connectivity index (χ2v) is 6.47. The summed E-state index contributed by atoms with van der Waals surface area (Å²) in [6.45, 7) is 6.11. The first-order valence-corrected chi connectivity index (χ1v) is 7.77. The van der Waals surface area contributed by atoms with Gasteiger partial charge in [-0.3, -0.25) is 0 Å². The van der Waals surface area contributed by atoms with Gasteiger partial charge in [0.1, 0.15) is 17.6 Å². The van der Waals surface area contributed by atoms with Crippen LogP contribution in [0.4, 0.5) is 0 Å². The quantitative estimate of drug-likeness (QED) is 0.649. The fourth-order valence-corrected chi connectivity index (χ4v) is 2.79. The first-order chi connectivity index (χ1) is 9.92. The van der Waals surface area contributed by atoms with Crippen molar-refractivity contribution in [1.29, 1.82) is 5.26 Å². The van der Waals surface area contributed by atoms with Crippen molar-refractivity contribution in [2.24, 2.45) is 0 Å². The van der Waals surface area contributed by atoms with Crippen molar-refractivity contribution in [1.82, 2.24) is 0 Å². The Morgan fingerprint density at radius 1 is 1.19 bits per heavy atom. The highest BCUT2D eigenvalue weighted by Gasteiger charge is 2.12. The highest BCUT2D eigenvalue weighted by molar-refractivity contribution is 9.10. The SMILES string of the molecule is Cc1cc(Cl)c(C(C)C)cc1Oc1cc(Br)ccc1C#N. The van der Waals surface area contributed by atoms with Crippen molar-refractivity contribution in [2.45, 2.75) is 26.7 Å². The van der Waals surface area contributed by atoms with Gasteiger partial charge in [-0.25, -0.2) is 0 Å². The molecule has 0 fully saturated rings. The average molecular weight is 365 g/mol. The van der Waals surface area contributed by atoms with Crippen LogP contribution in [0.1, 0.15) is 36.5 Å². The number of hydrogen-bond acceptors (Lipinski definition) is 2. The van der Waals surface area contributed by atoms with Crippen LogP contribution in [-0.4, -0.2) is 0 Å². The van der Waals surface area contributed by atoms with Gasteiger partial charge in [0.2, 0.25) is 0 Å².